The van der Waals surface area contributed by atoms with Crippen molar-refractivity contribution in [3.63, 3.8) is 0 Å². The molecule has 0 unspecified atom stereocenters. The van der Waals surface area contributed by atoms with E-state index in [0.717, 1.165) is 5.88 Å². The number of aromatic nitrogens is 1. The van der Waals surface area contributed by atoms with E-state index in [1.807, 2.05) is 12.3 Å². The lowest BCUT2D eigenvalue weighted by atomic mass is 9.96. The second-order valence-corrected chi connectivity index (χ2v) is 5.07. The number of anilines is 1. The van der Waals surface area contributed by atoms with E-state index in [1.165, 1.54) is 57.3 Å². The zero-order chi connectivity index (χ0) is 11.5. The molecule has 0 radical (unpaired) electrons. The zero-order valence-electron chi connectivity index (χ0n) is 10.3. The summed E-state index contributed by atoms with van der Waals surface area (Å²) < 4.78 is 5.76. The third kappa shape index (κ3) is 2.54. The third-order valence-corrected chi connectivity index (χ3v) is 3.78. The van der Waals surface area contributed by atoms with Crippen molar-refractivity contribution in [2.75, 3.05) is 18.0 Å². The summed E-state index contributed by atoms with van der Waals surface area (Å²) in [6.07, 6.45) is 10.0. The quantitative estimate of drug-likeness (QED) is 0.801. The first-order chi connectivity index (χ1) is 8.42. The lowest BCUT2D eigenvalue weighted by Crippen LogP contribution is -2.29. The first-order valence-corrected chi connectivity index (χ1v) is 6.79. The van der Waals surface area contributed by atoms with Gasteiger partial charge in [0.1, 0.15) is 6.10 Å². The fourth-order valence-corrected chi connectivity index (χ4v) is 2.44. The van der Waals surface area contributed by atoms with Gasteiger partial charge in [0.2, 0.25) is 5.88 Å². The van der Waals surface area contributed by atoms with E-state index in [-0.39, 0.29) is 0 Å². The van der Waals surface area contributed by atoms with Crippen LogP contribution in [0, 0.1) is 0 Å². The lowest BCUT2D eigenvalue weighted by molar-refractivity contribution is 0.114. The summed E-state index contributed by atoms with van der Waals surface area (Å²) in [4.78, 5) is 6.83. The van der Waals surface area contributed by atoms with Crippen molar-refractivity contribution in [2.45, 2.75) is 44.6 Å². The fraction of sp³-hybridized carbons (Fsp3) is 0.643. The standard InChI is InChI=1S/C14H20N2O/c1-2-9-16(10-3-1)12-7-8-14(15-11-12)17-13-5-4-6-13/h7-8,11,13H,1-6,9-10H2. The highest BCUT2D eigenvalue weighted by Gasteiger charge is 2.19. The van der Waals surface area contributed by atoms with Gasteiger partial charge in [-0.2, -0.15) is 0 Å². The Bertz CT molecular complexity index is 353. The molecule has 3 nitrogen and oxygen atoms in total. The summed E-state index contributed by atoms with van der Waals surface area (Å²) in [7, 11) is 0. The second-order valence-electron chi connectivity index (χ2n) is 5.07. The molecule has 1 aromatic rings. The summed E-state index contributed by atoms with van der Waals surface area (Å²) in [6.45, 7) is 2.34. The molecule has 0 aromatic carbocycles. The van der Waals surface area contributed by atoms with Gasteiger partial charge in [0.25, 0.3) is 0 Å². The van der Waals surface area contributed by atoms with E-state index in [0.29, 0.717) is 6.10 Å². The summed E-state index contributed by atoms with van der Waals surface area (Å²) in [6, 6.07) is 4.16. The first-order valence-electron chi connectivity index (χ1n) is 6.79. The monoisotopic (exact) mass is 232 g/mol. The second kappa shape index (κ2) is 4.94. The molecule has 0 atom stereocenters. The largest absolute Gasteiger partial charge is 0.474 e. The van der Waals surface area contributed by atoms with Crippen molar-refractivity contribution in [2.24, 2.45) is 0 Å². The molecule has 0 spiro atoms. The van der Waals surface area contributed by atoms with Gasteiger partial charge in [0, 0.05) is 19.2 Å². The molecule has 17 heavy (non-hydrogen) atoms. The smallest absolute Gasteiger partial charge is 0.213 e. The number of rotatable bonds is 3. The number of nitrogens with zero attached hydrogens (tertiary/aromatic N) is 2. The van der Waals surface area contributed by atoms with Crippen molar-refractivity contribution in [3.05, 3.63) is 18.3 Å². The van der Waals surface area contributed by atoms with E-state index in [9.17, 15) is 0 Å². The Kier molecular flexibility index (Phi) is 3.16. The molecule has 92 valence electrons. The Hall–Kier alpha value is -1.25. The molecule has 3 rings (SSSR count). The Balaban J connectivity index is 1.62. The minimum atomic E-state index is 0.420. The van der Waals surface area contributed by atoms with Crippen LogP contribution in [-0.4, -0.2) is 24.2 Å². The van der Waals surface area contributed by atoms with Gasteiger partial charge < -0.3 is 9.64 Å². The number of hydrogen-bond acceptors (Lipinski definition) is 3. The third-order valence-electron chi connectivity index (χ3n) is 3.78. The minimum absolute atomic E-state index is 0.420. The number of piperidine rings is 1. The maximum atomic E-state index is 5.76. The van der Waals surface area contributed by atoms with Gasteiger partial charge in [-0.25, -0.2) is 4.98 Å². The molecular weight excluding hydrogens is 212 g/mol. The van der Waals surface area contributed by atoms with Crippen LogP contribution in [0.15, 0.2) is 18.3 Å². The van der Waals surface area contributed by atoms with Crippen molar-refractivity contribution in [3.8, 4) is 5.88 Å². The van der Waals surface area contributed by atoms with Crippen LogP contribution in [0.25, 0.3) is 0 Å². The van der Waals surface area contributed by atoms with Gasteiger partial charge in [-0.15, -0.1) is 0 Å². The SMILES string of the molecule is c1cc(OC2CCC2)ncc1N1CCCCC1. The lowest BCUT2D eigenvalue weighted by Gasteiger charge is -2.29. The molecule has 0 N–H and O–H groups in total. The summed E-state index contributed by atoms with van der Waals surface area (Å²) in [5, 5.41) is 0. The van der Waals surface area contributed by atoms with Crippen LogP contribution < -0.4 is 9.64 Å². The van der Waals surface area contributed by atoms with Crippen molar-refractivity contribution in [1.29, 1.82) is 0 Å². The topological polar surface area (TPSA) is 25.4 Å². The average molecular weight is 232 g/mol. The fourth-order valence-electron chi connectivity index (χ4n) is 2.44. The number of pyridine rings is 1. The van der Waals surface area contributed by atoms with E-state index < -0.39 is 0 Å². The Morgan fingerprint density at radius 3 is 2.47 bits per heavy atom. The molecule has 2 fully saturated rings. The molecule has 0 bridgehead atoms. The summed E-state index contributed by atoms with van der Waals surface area (Å²) >= 11 is 0. The van der Waals surface area contributed by atoms with Crippen molar-refractivity contribution < 1.29 is 4.74 Å². The average Bonchev–Trinajstić information content (AvgIpc) is 2.36. The van der Waals surface area contributed by atoms with Gasteiger partial charge >= 0.3 is 0 Å². The van der Waals surface area contributed by atoms with E-state index in [2.05, 4.69) is 16.0 Å². The number of hydrogen-bond donors (Lipinski definition) is 0. The highest BCUT2D eigenvalue weighted by atomic mass is 16.5. The van der Waals surface area contributed by atoms with Crippen LogP contribution >= 0.6 is 0 Å². The van der Waals surface area contributed by atoms with Crippen LogP contribution in [0.2, 0.25) is 0 Å². The molecular formula is C14H20N2O. The Morgan fingerprint density at radius 2 is 1.88 bits per heavy atom. The van der Waals surface area contributed by atoms with Gasteiger partial charge in [-0.1, -0.05) is 0 Å². The molecule has 1 aromatic heterocycles. The van der Waals surface area contributed by atoms with Gasteiger partial charge in [0.15, 0.2) is 0 Å². The molecule has 2 heterocycles. The molecule has 2 aliphatic rings. The van der Waals surface area contributed by atoms with E-state index >= 15 is 0 Å². The van der Waals surface area contributed by atoms with E-state index in [1.54, 1.807) is 0 Å². The van der Waals surface area contributed by atoms with Crippen molar-refractivity contribution in [1.82, 2.24) is 4.98 Å². The molecule has 1 saturated carbocycles. The van der Waals surface area contributed by atoms with Crippen LogP contribution in [0.5, 0.6) is 5.88 Å². The van der Waals surface area contributed by atoms with Gasteiger partial charge in [-0.3, -0.25) is 0 Å². The predicted molar refractivity (Wildman–Crippen MR) is 68.6 cm³/mol. The van der Waals surface area contributed by atoms with Gasteiger partial charge in [0.05, 0.1) is 11.9 Å². The predicted octanol–water partition coefficient (Wildman–Crippen LogP) is 3.00. The molecule has 0 amide bonds. The maximum absolute atomic E-state index is 5.76. The normalized spacial score (nSPS) is 21.1. The van der Waals surface area contributed by atoms with Crippen LogP contribution in [0.1, 0.15) is 38.5 Å². The number of ether oxygens (including phenoxy) is 1. The van der Waals surface area contributed by atoms with Crippen LogP contribution in [0.3, 0.4) is 0 Å². The zero-order valence-corrected chi connectivity index (χ0v) is 10.3. The minimum Gasteiger partial charge on any atom is -0.474 e. The highest BCUT2D eigenvalue weighted by molar-refractivity contribution is 5.45. The maximum Gasteiger partial charge on any atom is 0.213 e. The van der Waals surface area contributed by atoms with E-state index in [4.69, 9.17) is 4.74 Å². The molecule has 1 saturated heterocycles. The highest BCUT2D eigenvalue weighted by Crippen LogP contribution is 2.25. The summed E-state index contributed by atoms with van der Waals surface area (Å²) in [5.41, 5.74) is 1.24. The Labute approximate surface area is 103 Å². The Morgan fingerprint density at radius 1 is 1.06 bits per heavy atom. The van der Waals surface area contributed by atoms with Gasteiger partial charge in [-0.05, 0) is 44.6 Å². The first kappa shape index (κ1) is 10.9. The molecule has 3 heteroatoms. The van der Waals surface area contributed by atoms with Crippen LogP contribution in [-0.2, 0) is 0 Å². The molecule has 1 aliphatic heterocycles. The summed E-state index contributed by atoms with van der Waals surface area (Å²) in [5.74, 6) is 0.787. The van der Waals surface area contributed by atoms with Crippen LogP contribution in [0.4, 0.5) is 5.69 Å². The van der Waals surface area contributed by atoms with Crippen molar-refractivity contribution >= 4 is 5.69 Å². The molecule has 1 aliphatic carbocycles.